The first-order chi connectivity index (χ1) is 10.7. The summed E-state index contributed by atoms with van der Waals surface area (Å²) in [6.45, 7) is 4.15. The maximum Gasteiger partial charge on any atom is 0.317 e. The van der Waals surface area contributed by atoms with E-state index in [4.69, 9.17) is 5.11 Å². The highest BCUT2D eigenvalue weighted by Crippen LogP contribution is 2.16. The average Bonchev–Trinajstić information content (AvgIpc) is 2.55. The molecule has 0 aromatic heterocycles. The van der Waals surface area contributed by atoms with Crippen molar-refractivity contribution in [3.63, 3.8) is 0 Å². The van der Waals surface area contributed by atoms with Gasteiger partial charge in [-0.1, -0.05) is 30.7 Å². The molecule has 22 heavy (non-hydrogen) atoms. The molecule has 1 fully saturated rings. The fraction of sp³-hybridized carbons (Fsp3) is 0.588. The van der Waals surface area contributed by atoms with Crippen LogP contribution in [-0.2, 0) is 13.1 Å². The molecule has 2 N–H and O–H groups in total. The number of carbonyl (C=O) groups is 1. The van der Waals surface area contributed by atoms with Crippen LogP contribution in [0.15, 0.2) is 24.3 Å². The lowest BCUT2D eigenvalue weighted by molar-refractivity contribution is 0.190. The van der Waals surface area contributed by atoms with Gasteiger partial charge in [0.15, 0.2) is 0 Å². The van der Waals surface area contributed by atoms with Gasteiger partial charge in [-0.15, -0.1) is 0 Å². The summed E-state index contributed by atoms with van der Waals surface area (Å²) in [5.41, 5.74) is 2.45. The Labute approximate surface area is 132 Å². The Balaban J connectivity index is 1.91. The number of likely N-dealkylation sites (N-methyl/N-ethyl adjacent to an activating group) is 1. The molecule has 1 aliphatic rings. The summed E-state index contributed by atoms with van der Waals surface area (Å²) in [5, 5.41) is 11.8. The van der Waals surface area contributed by atoms with Crippen LogP contribution in [-0.4, -0.2) is 54.2 Å². The summed E-state index contributed by atoms with van der Waals surface area (Å²) in [6.07, 6.45) is 3.90. The minimum Gasteiger partial charge on any atom is -0.395 e. The zero-order chi connectivity index (χ0) is 15.8. The van der Waals surface area contributed by atoms with Gasteiger partial charge < -0.3 is 15.3 Å². The van der Waals surface area contributed by atoms with Crippen LogP contribution in [0.1, 0.15) is 30.4 Å². The van der Waals surface area contributed by atoms with E-state index in [2.05, 4.69) is 28.4 Å². The molecular formula is C17H27N3O2. The molecule has 0 unspecified atom stereocenters. The minimum absolute atomic E-state index is 0.0184. The molecule has 2 amide bonds. The van der Waals surface area contributed by atoms with Gasteiger partial charge in [0.2, 0.25) is 0 Å². The molecule has 5 heteroatoms. The highest BCUT2D eigenvalue weighted by Gasteiger charge is 2.13. The number of likely N-dealkylation sites (tertiary alicyclic amines) is 1. The first-order valence-electron chi connectivity index (χ1n) is 8.09. The van der Waals surface area contributed by atoms with Crippen molar-refractivity contribution in [3.05, 3.63) is 35.4 Å². The number of aliphatic hydroxyl groups excluding tert-OH is 1. The van der Waals surface area contributed by atoms with E-state index >= 15 is 0 Å². The Hall–Kier alpha value is -1.59. The SMILES string of the molecule is CN(CCO)C(=O)NCc1ccccc1CN1CCCCC1. The number of hydrogen-bond donors (Lipinski definition) is 2. The molecule has 1 aromatic carbocycles. The van der Waals surface area contributed by atoms with Crippen LogP contribution in [0.4, 0.5) is 4.79 Å². The summed E-state index contributed by atoms with van der Waals surface area (Å²) in [5.74, 6) is 0. The molecule has 1 aromatic rings. The first kappa shape index (κ1) is 16.8. The average molecular weight is 305 g/mol. The number of aliphatic hydroxyl groups is 1. The van der Waals surface area contributed by atoms with E-state index in [1.54, 1.807) is 7.05 Å². The maximum absolute atomic E-state index is 11.9. The lowest BCUT2D eigenvalue weighted by Gasteiger charge is -2.27. The van der Waals surface area contributed by atoms with Gasteiger partial charge in [0.25, 0.3) is 0 Å². The zero-order valence-corrected chi connectivity index (χ0v) is 13.4. The Morgan fingerprint density at radius 3 is 2.59 bits per heavy atom. The van der Waals surface area contributed by atoms with E-state index in [1.165, 1.54) is 48.4 Å². The summed E-state index contributed by atoms with van der Waals surface area (Å²) < 4.78 is 0. The number of urea groups is 1. The van der Waals surface area contributed by atoms with E-state index in [9.17, 15) is 4.79 Å². The summed E-state index contributed by atoms with van der Waals surface area (Å²) >= 11 is 0. The predicted molar refractivity (Wildman–Crippen MR) is 87.5 cm³/mol. The summed E-state index contributed by atoms with van der Waals surface area (Å²) in [4.78, 5) is 15.9. The normalized spacial score (nSPS) is 15.5. The number of nitrogens with one attached hydrogen (secondary N) is 1. The van der Waals surface area contributed by atoms with Crippen LogP contribution >= 0.6 is 0 Å². The molecule has 1 saturated heterocycles. The van der Waals surface area contributed by atoms with Gasteiger partial charge in [0.05, 0.1) is 6.61 Å². The van der Waals surface area contributed by atoms with Crippen molar-refractivity contribution in [2.24, 2.45) is 0 Å². The molecular weight excluding hydrogens is 278 g/mol. The molecule has 0 spiro atoms. The van der Waals surface area contributed by atoms with Crippen LogP contribution in [0.5, 0.6) is 0 Å². The number of piperidine rings is 1. The smallest absolute Gasteiger partial charge is 0.317 e. The number of rotatable bonds is 6. The van der Waals surface area contributed by atoms with Crippen molar-refractivity contribution in [3.8, 4) is 0 Å². The van der Waals surface area contributed by atoms with E-state index < -0.39 is 0 Å². The van der Waals surface area contributed by atoms with Crippen molar-refractivity contribution >= 4 is 6.03 Å². The molecule has 122 valence electrons. The van der Waals surface area contributed by atoms with Gasteiger partial charge in [0.1, 0.15) is 0 Å². The van der Waals surface area contributed by atoms with Gasteiger partial charge in [-0.05, 0) is 37.1 Å². The largest absolute Gasteiger partial charge is 0.395 e. The lowest BCUT2D eigenvalue weighted by atomic mass is 10.0. The van der Waals surface area contributed by atoms with E-state index in [0.29, 0.717) is 13.1 Å². The van der Waals surface area contributed by atoms with Gasteiger partial charge in [0, 0.05) is 26.7 Å². The maximum atomic E-state index is 11.9. The van der Waals surface area contributed by atoms with E-state index in [-0.39, 0.29) is 12.6 Å². The molecule has 1 aliphatic heterocycles. The molecule has 0 saturated carbocycles. The van der Waals surface area contributed by atoms with Gasteiger partial charge in [-0.25, -0.2) is 4.79 Å². The number of hydrogen-bond acceptors (Lipinski definition) is 3. The fourth-order valence-electron chi connectivity index (χ4n) is 2.80. The quantitative estimate of drug-likeness (QED) is 0.843. The summed E-state index contributed by atoms with van der Waals surface area (Å²) in [7, 11) is 1.69. The van der Waals surface area contributed by atoms with Crippen LogP contribution in [0.3, 0.4) is 0 Å². The van der Waals surface area contributed by atoms with Gasteiger partial charge in [-0.2, -0.15) is 0 Å². The molecule has 5 nitrogen and oxygen atoms in total. The minimum atomic E-state index is -0.151. The monoisotopic (exact) mass is 305 g/mol. The molecule has 2 rings (SSSR count). The third-order valence-corrected chi connectivity index (χ3v) is 4.17. The van der Waals surface area contributed by atoms with Crippen LogP contribution in [0, 0.1) is 0 Å². The summed E-state index contributed by atoms with van der Waals surface area (Å²) in [6, 6.07) is 8.14. The molecule has 0 atom stereocenters. The van der Waals surface area contributed by atoms with Crippen LogP contribution in [0.25, 0.3) is 0 Å². The number of nitrogens with zero attached hydrogens (tertiary/aromatic N) is 2. The second kappa shape index (κ2) is 8.76. The van der Waals surface area contributed by atoms with Crippen LogP contribution < -0.4 is 5.32 Å². The highest BCUT2D eigenvalue weighted by atomic mass is 16.3. The Bertz CT molecular complexity index is 473. The predicted octanol–water partition coefficient (Wildman–Crippen LogP) is 1.81. The Morgan fingerprint density at radius 1 is 1.23 bits per heavy atom. The first-order valence-corrected chi connectivity index (χ1v) is 8.09. The second-order valence-electron chi connectivity index (χ2n) is 5.91. The van der Waals surface area contributed by atoms with Crippen molar-refractivity contribution < 1.29 is 9.90 Å². The number of benzene rings is 1. The topological polar surface area (TPSA) is 55.8 Å². The molecule has 1 heterocycles. The second-order valence-corrected chi connectivity index (χ2v) is 5.91. The third kappa shape index (κ3) is 5.00. The number of carbonyl (C=O) groups excluding carboxylic acids is 1. The fourth-order valence-corrected chi connectivity index (χ4v) is 2.80. The molecule has 0 aliphatic carbocycles. The van der Waals surface area contributed by atoms with Crippen molar-refractivity contribution in [2.75, 3.05) is 33.3 Å². The van der Waals surface area contributed by atoms with Crippen molar-refractivity contribution in [1.82, 2.24) is 15.1 Å². The molecule has 0 bridgehead atoms. The van der Waals surface area contributed by atoms with Gasteiger partial charge in [-0.3, -0.25) is 4.90 Å². The van der Waals surface area contributed by atoms with Gasteiger partial charge >= 0.3 is 6.03 Å². The van der Waals surface area contributed by atoms with Crippen molar-refractivity contribution in [1.29, 1.82) is 0 Å². The number of amides is 2. The Morgan fingerprint density at radius 2 is 1.91 bits per heavy atom. The highest BCUT2D eigenvalue weighted by molar-refractivity contribution is 5.73. The van der Waals surface area contributed by atoms with E-state index in [1.807, 2.05) is 6.07 Å². The standard InChI is InChI=1S/C17H27N3O2/c1-19(11-12-21)17(22)18-13-15-7-3-4-8-16(15)14-20-9-5-2-6-10-20/h3-4,7-8,21H,2,5-6,9-14H2,1H3,(H,18,22). The third-order valence-electron chi connectivity index (χ3n) is 4.17. The Kier molecular flexibility index (Phi) is 6.68. The van der Waals surface area contributed by atoms with E-state index in [0.717, 1.165) is 6.54 Å². The van der Waals surface area contributed by atoms with Crippen LogP contribution in [0.2, 0.25) is 0 Å². The van der Waals surface area contributed by atoms with Crippen molar-refractivity contribution in [2.45, 2.75) is 32.4 Å². The molecule has 0 radical (unpaired) electrons. The zero-order valence-electron chi connectivity index (χ0n) is 13.4. The lowest BCUT2D eigenvalue weighted by Crippen LogP contribution is -2.38.